The molecule has 2 fully saturated rings. The van der Waals surface area contributed by atoms with E-state index in [2.05, 4.69) is 39.3 Å². The van der Waals surface area contributed by atoms with Gasteiger partial charge in [-0.25, -0.2) is 9.37 Å². The van der Waals surface area contributed by atoms with Gasteiger partial charge in [0.25, 0.3) is 11.8 Å². The Bertz CT molecular complexity index is 1670. The Balaban J connectivity index is 1.08. The second-order valence-corrected chi connectivity index (χ2v) is 11.8. The van der Waals surface area contributed by atoms with Crippen LogP contribution in [0.4, 0.5) is 15.9 Å². The maximum Gasteiger partial charge on any atom is 0.255 e. The number of hydrogen-bond acceptors (Lipinski definition) is 6. The molecule has 0 radical (unpaired) electrons. The molecule has 4 aromatic rings. The van der Waals surface area contributed by atoms with Gasteiger partial charge in [0.15, 0.2) is 0 Å². The number of likely N-dealkylation sites (N-methyl/N-ethyl adjacent to an activating group) is 1. The van der Waals surface area contributed by atoms with Crippen LogP contribution in [0.15, 0.2) is 79.0 Å². The number of halogens is 2. The zero-order valence-electron chi connectivity index (χ0n) is 24.5. The highest BCUT2D eigenvalue weighted by Crippen LogP contribution is 2.29. The van der Waals surface area contributed by atoms with E-state index in [4.69, 9.17) is 17.3 Å². The van der Waals surface area contributed by atoms with Crippen LogP contribution in [0.25, 0.3) is 22.3 Å². The molecular formula is C34H34ClFN6O2. The number of likely N-dealkylation sites (tertiary alicyclic amines) is 1. The van der Waals surface area contributed by atoms with Crippen molar-refractivity contribution in [2.45, 2.75) is 12.5 Å². The predicted octanol–water partition coefficient (Wildman–Crippen LogP) is 5.19. The summed E-state index contributed by atoms with van der Waals surface area (Å²) in [5, 5.41) is 3.35. The van der Waals surface area contributed by atoms with Gasteiger partial charge in [0, 0.05) is 73.9 Å². The van der Waals surface area contributed by atoms with Gasteiger partial charge in [0.05, 0.1) is 10.6 Å². The minimum absolute atomic E-state index is 0.123. The lowest BCUT2D eigenvalue weighted by atomic mass is 10.0. The van der Waals surface area contributed by atoms with Crippen molar-refractivity contribution < 1.29 is 14.0 Å². The van der Waals surface area contributed by atoms with Gasteiger partial charge in [0.2, 0.25) is 0 Å². The molecule has 3 aromatic carbocycles. The van der Waals surface area contributed by atoms with Crippen LogP contribution in [0.2, 0.25) is 5.02 Å². The summed E-state index contributed by atoms with van der Waals surface area (Å²) < 4.78 is 13.4. The van der Waals surface area contributed by atoms with Crippen LogP contribution in [0.5, 0.6) is 0 Å². The quantitative estimate of drug-likeness (QED) is 0.311. The van der Waals surface area contributed by atoms with E-state index in [1.807, 2.05) is 12.1 Å². The molecule has 0 spiro atoms. The van der Waals surface area contributed by atoms with E-state index in [1.54, 1.807) is 47.5 Å². The second kappa shape index (κ2) is 12.6. The molecule has 2 aliphatic heterocycles. The van der Waals surface area contributed by atoms with Crippen molar-refractivity contribution in [1.29, 1.82) is 0 Å². The minimum atomic E-state index is -0.403. The molecule has 2 amide bonds. The number of pyridine rings is 1. The monoisotopic (exact) mass is 612 g/mol. The number of hydrogen-bond donors (Lipinski definition) is 2. The van der Waals surface area contributed by atoms with E-state index < -0.39 is 5.82 Å². The van der Waals surface area contributed by atoms with Gasteiger partial charge in [-0.3, -0.25) is 9.59 Å². The zero-order chi connectivity index (χ0) is 30.8. The molecule has 1 atom stereocenters. The maximum atomic E-state index is 13.4. The number of anilines is 2. The molecule has 2 aliphatic rings. The lowest BCUT2D eigenvalue weighted by Crippen LogP contribution is -2.44. The van der Waals surface area contributed by atoms with Gasteiger partial charge in [-0.2, -0.15) is 0 Å². The molecule has 0 aliphatic carbocycles. The van der Waals surface area contributed by atoms with Crippen molar-refractivity contribution >= 4 is 34.9 Å². The topological polar surface area (TPSA) is 94.8 Å². The first-order chi connectivity index (χ1) is 21.2. The van der Waals surface area contributed by atoms with E-state index in [1.165, 1.54) is 17.8 Å². The first-order valence-electron chi connectivity index (χ1n) is 14.7. The third-order valence-corrected chi connectivity index (χ3v) is 8.73. The average molecular weight is 613 g/mol. The summed E-state index contributed by atoms with van der Waals surface area (Å²) in [7, 11) is 2.14. The molecule has 0 bridgehead atoms. The van der Waals surface area contributed by atoms with Crippen LogP contribution in [-0.2, 0) is 0 Å². The number of benzene rings is 3. The van der Waals surface area contributed by atoms with Crippen molar-refractivity contribution in [1.82, 2.24) is 20.1 Å². The number of carbonyl (C=O) groups excluding carboxylic acids is 2. The van der Waals surface area contributed by atoms with Crippen LogP contribution in [0.1, 0.15) is 27.1 Å². The number of rotatable bonds is 6. The van der Waals surface area contributed by atoms with Crippen LogP contribution in [0, 0.1) is 5.82 Å². The minimum Gasteiger partial charge on any atom is -0.383 e. The number of amides is 2. The Labute approximate surface area is 261 Å². The molecule has 10 heteroatoms. The molecule has 1 aromatic heterocycles. The summed E-state index contributed by atoms with van der Waals surface area (Å²) in [5.74, 6) is -0.681. The van der Waals surface area contributed by atoms with Crippen molar-refractivity contribution in [3.05, 3.63) is 101 Å². The predicted molar refractivity (Wildman–Crippen MR) is 172 cm³/mol. The van der Waals surface area contributed by atoms with E-state index in [9.17, 15) is 14.0 Å². The average Bonchev–Trinajstić information content (AvgIpc) is 3.50. The Morgan fingerprint density at radius 1 is 0.909 bits per heavy atom. The first kappa shape index (κ1) is 29.6. The molecular weight excluding hydrogens is 579 g/mol. The van der Waals surface area contributed by atoms with Crippen molar-refractivity contribution in [2.75, 3.05) is 56.9 Å². The SMILES string of the molecule is CN1CCN(c2ccc(-c3cnc(N)c(C(=O)N[C@@H]4CCN(C(=O)c5ccc(-c6ccc(F)cc6Cl)cc5)C4)c3)cc2)CC1. The number of nitrogens with zero attached hydrogens (tertiary/aromatic N) is 4. The van der Waals surface area contributed by atoms with E-state index >= 15 is 0 Å². The van der Waals surface area contributed by atoms with Crippen LogP contribution < -0.4 is 16.0 Å². The third kappa shape index (κ3) is 6.39. The van der Waals surface area contributed by atoms with Gasteiger partial charge in [-0.05, 0) is 73.1 Å². The van der Waals surface area contributed by atoms with Gasteiger partial charge in [-0.15, -0.1) is 0 Å². The summed E-state index contributed by atoms with van der Waals surface area (Å²) in [6, 6.07) is 21.2. The summed E-state index contributed by atoms with van der Waals surface area (Å²) >= 11 is 6.19. The second-order valence-electron chi connectivity index (χ2n) is 11.4. The molecule has 2 saturated heterocycles. The van der Waals surface area contributed by atoms with Crippen LogP contribution >= 0.6 is 11.6 Å². The third-order valence-electron chi connectivity index (χ3n) is 8.42. The molecule has 0 saturated carbocycles. The Morgan fingerprint density at radius 2 is 1.61 bits per heavy atom. The number of nitrogens with two attached hydrogens (primary N) is 1. The van der Waals surface area contributed by atoms with Crippen molar-refractivity contribution in [3.63, 3.8) is 0 Å². The van der Waals surface area contributed by atoms with Gasteiger partial charge >= 0.3 is 0 Å². The Kier molecular flexibility index (Phi) is 8.50. The molecule has 44 heavy (non-hydrogen) atoms. The smallest absolute Gasteiger partial charge is 0.255 e. The summed E-state index contributed by atoms with van der Waals surface area (Å²) in [5.41, 5.74) is 11.4. The Morgan fingerprint density at radius 3 is 2.32 bits per heavy atom. The summed E-state index contributed by atoms with van der Waals surface area (Å²) in [6.07, 6.45) is 2.31. The molecule has 8 nitrogen and oxygen atoms in total. The maximum absolute atomic E-state index is 13.4. The first-order valence-corrected chi connectivity index (χ1v) is 15.1. The fraction of sp³-hybridized carbons (Fsp3) is 0.265. The lowest BCUT2D eigenvalue weighted by Gasteiger charge is -2.34. The highest BCUT2D eigenvalue weighted by Gasteiger charge is 2.29. The van der Waals surface area contributed by atoms with Gasteiger partial charge in [-0.1, -0.05) is 35.9 Å². The fourth-order valence-electron chi connectivity index (χ4n) is 5.77. The van der Waals surface area contributed by atoms with Crippen molar-refractivity contribution in [3.8, 4) is 22.3 Å². The molecule has 0 unspecified atom stereocenters. The zero-order valence-corrected chi connectivity index (χ0v) is 25.2. The molecule has 3 heterocycles. The van der Waals surface area contributed by atoms with E-state index in [0.717, 1.165) is 42.9 Å². The van der Waals surface area contributed by atoms with Crippen LogP contribution in [-0.4, -0.2) is 79.0 Å². The lowest BCUT2D eigenvalue weighted by molar-refractivity contribution is 0.0783. The standard InChI is InChI=1S/C34H34ClFN6O2/c1-40-14-16-41(17-15-40)28-9-6-22(7-10-28)25-18-30(32(37)38-20-25)33(43)39-27-12-13-42(21-27)34(44)24-4-2-23(3-5-24)29-11-8-26(36)19-31(29)35/h2-11,18-20,27H,12-17,21H2,1H3,(H2,37,38)(H,39,43)/t27-/m1/s1. The normalized spacial score (nSPS) is 17.1. The van der Waals surface area contributed by atoms with Crippen molar-refractivity contribution in [2.24, 2.45) is 0 Å². The summed E-state index contributed by atoms with van der Waals surface area (Å²) in [4.78, 5) is 37.2. The number of nitrogen functional groups attached to an aromatic ring is 1. The number of aromatic nitrogens is 1. The highest BCUT2D eigenvalue weighted by atomic mass is 35.5. The number of piperazine rings is 1. The highest BCUT2D eigenvalue weighted by molar-refractivity contribution is 6.33. The van der Waals surface area contributed by atoms with Gasteiger partial charge in [0.1, 0.15) is 11.6 Å². The van der Waals surface area contributed by atoms with Crippen LogP contribution in [0.3, 0.4) is 0 Å². The molecule has 6 rings (SSSR count). The number of nitrogens with one attached hydrogen (secondary N) is 1. The number of carbonyl (C=O) groups is 2. The Hall–Kier alpha value is -4.47. The fourth-order valence-corrected chi connectivity index (χ4v) is 6.04. The molecule has 226 valence electrons. The van der Waals surface area contributed by atoms with E-state index in [-0.39, 0.29) is 23.7 Å². The molecule has 3 N–H and O–H groups in total. The summed E-state index contributed by atoms with van der Waals surface area (Å²) in [6.45, 7) is 4.97. The largest absolute Gasteiger partial charge is 0.383 e. The van der Waals surface area contributed by atoms with Gasteiger partial charge < -0.3 is 25.8 Å². The van der Waals surface area contributed by atoms with E-state index in [0.29, 0.717) is 41.2 Å².